The number of rotatable bonds is 3. The van der Waals surface area contributed by atoms with Crippen LogP contribution in [0.2, 0.25) is 0 Å². The van der Waals surface area contributed by atoms with Gasteiger partial charge >= 0.3 is 0 Å². The summed E-state index contributed by atoms with van der Waals surface area (Å²) in [5.74, 6) is -1.85. The fourth-order valence-electron chi connectivity index (χ4n) is 1.38. The molecular weight excluding hydrogens is 240 g/mol. The van der Waals surface area contributed by atoms with Crippen LogP contribution in [0.4, 0.5) is 8.78 Å². The molecule has 1 aromatic rings. The number of thiocyanates is 1. The van der Waals surface area contributed by atoms with Gasteiger partial charge in [0.05, 0.1) is 0 Å². The Hall–Kier alpha value is -1.60. The molecule has 0 aliphatic rings. The fraction of sp³-hybridized carbons (Fsp3) is 0.154. The number of hydrogen-bond donors (Lipinski definition) is 0. The van der Waals surface area contributed by atoms with Gasteiger partial charge in [-0.05, 0) is 43.3 Å². The molecular formula is C13H11F2NS. The first-order chi connectivity index (χ1) is 7.97. The Balaban J connectivity index is 3.44. The van der Waals surface area contributed by atoms with Gasteiger partial charge in [-0.1, -0.05) is 18.2 Å². The van der Waals surface area contributed by atoms with E-state index in [2.05, 4.69) is 6.58 Å². The van der Waals surface area contributed by atoms with Gasteiger partial charge in [-0.2, -0.15) is 5.26 Å². The third kappa shape index (κ3) is 3.18. The molecule has 1 aromatic carbocycles. The Morgan fingerprint density at radius 3 is 2.65 bits per heavy atom. The van der Waals surface area contributed by atoms with Crippen LogP contribution >= 0.6 is 11.8 Å². The van der Waals surface area contributed by atoms with E-state index < -0.39 is 11.6 Å². The van der Waals surface area contributed by atoms with Crippen LogP contribution in [-0.4, -0.2) is 0 Å². The van der Waals surface area contributed by atoms with E-state index >= 15 is 0 Å². The topological polar surface area (TPSA) is 23.8 Å². The van der Waals surface area contributed by atoms with Crippen LogP contribution in [0.25, 0.3) is 4.91 Å². The smallest absolute Gasteiger partial charge is 0.167 e. The van der Waals surface area contributed by atoms with Gasteiger partial charge in [-0.15, -0.1) is 0 Å². The molecule has 4 heteroatoms. The zero-order valence-corrected chi connectivity index (χ0v) is 10.4. The number of nitriles is 1. The first-order valence-electron chi connectivity index (χ1n) is 4.85. The number of thioether (sulfide) groups is 1. The predicted molar refractivity (Wildman–Crippen MR) is 67.1 cm³/mol. The van der Waals surface area contributed by atoms with Crippen molar-refractivity contribution in [3.63, 3.8) is 0 Å². The third-order valence-electron chi connectivity index (χ3n) is 2.08. The maximum atomic E-state index is 13.7. The van der Waals surface area contributed by atoms with E-state index in [0.29, 0.717) is 16.0 Å². The van der Waals surface area contributed by atoms with Crippen LogP contribution in [0.5, 0.6) is 0 Å². The van der Waals surface area contributed by atoms with Crippen LogP contribution in [-0.2, 0) is 0 Å². The summed E-state index contributed by atoms with van der Waals surface area (Å²) in [5, 5.41) is 10.6. The lowest BCUT2D eigenvalue weighted by molar-refractivity contribution is 0.506. The Morgan fingerprint density at radius 2 is 2.12 bits per heavy atom. The molecule has 0 spiro atoms. The first-order valence-corrected chi connectivity index (χ1v) is 5.67. The van der Waals surface area contributed by atoms with E-state index in [1.165, 1.54) is 6.07 Å². The largest absolute Gasteiger partial charge is 0.204 e. The van der Waals surface area contributed by atoms with Gasteiger partial charge in [-0.25, -0.2) is 8.78 Å². The minimum absolute atomic E-state index is 0.125. The van der Waals surface area contributed by atoms with Gasteiger partial charge in [0.1, 0.15) is 5.40 Å². The van der Waals surface area contributed by atoms with Gasteiger partial charge in [-0.3, -0.25) is 0 Å². The van der Waals surface area contributed by atoms with Gasteiger partial charge < -0.3 is 0 Å². The van der Waals surface area contributed by atoms with Gasteiger partial charge in [0, 0.05) is 10.5 Å². The van der Waals surface area contributed by atoms with E-state index in [1.54, 1.807) is 19.9 Å². The Morgan fingerprint density at radius 1 is 1.47 bits per heavy atom. The number of aryl methyl sites for hydroxylation is 1. The lowest BCUT2D eigenvalue weighted by Gasteiger charge is -2.09. The maximum Gasteiger partial charge on any atom is 0.167 e. The molecule has 0 saturated heterocycles. The predicted octanol–water partition coefficient (Wildman–Crippen LogP) is 4.40. The number of allylic oxidation sites excluding steroid dienone is 2. The summed E-state index contributed by atoms with van der Waals surface area (Å²) >= 11 is 0.794. The second-order valence-corrected chi connectivity index (χ2v) is 4.43. The van der Waals surface area contributed by atoms with Crippen molar-refractivity contribution < 1.29 is 8.78 Å². The molecule has 0 N–H and O–H groups in total. The van der Waals surface area contributed by atoms with Crippen molar-refractivity contribution in [1.82, 2.24) is 0 Å². The molecule has 0 aromatic heterocycles. The van der Waals surface area contributed by atoms with Gasteiger partial charge in [0.25, 0.3) is 0 Å². The molecule has 0 unspecified atom stereocenters. The zero-order valence-electron chi connectivity index (χ0n) is 9.55. The van der Waals surface area contributed by atoms with Crippen LogP contribution in [0.3, 0.4) is 0 Å². The standard InChI is InChI=1S/C13H11F2NS/c1-8(2)6-11(17-7-16)12-9(3)4-5-10(14)13(12)15/h4-6H,1H2,2-3H3/b11-6+. The van der Waals surface area contributed by atoms with Crippen molar-refractivity contribution >= 4 is 16.7 Å². The molecule has 1 nitrogen and oxygen atoms in total. The highest BCUT2D eigenvalue weighted by Gasteiger charge is 2.15. The summed E-state index contributed by atoms with van der Waals surface area (Å²) in [6.45, 7) is 7.06. The molecule has 1 rings (SSSR count). The summed E-state index contributed by atoms with van der Waals surface area (Å²) in [6.07, 6.45) is 1.57. The second kappa shape index (κ2) is 5.65. The average Bonchev–Trinajstić information content (AvgIpc) is 2.23. The summed E-state index contributed by atoms with van der Waals surface area (Å²) in [5.41, 5.74) is 1.38. The molecule has 0 radical (unpaired) electrons. The summed E-state index contributed by atoms with van der Waals surface area (Å²) < 4.78 is 26.9. The van der Waals surface area contributed by atoms with E-state index in [1.807, 2.05) is 5.40 Å². The summed E-state index contributed by atoms with van der Waals surface area (Å²) in [6, 6.07) is 2.56. The number of nitrogens with zero attached hydrogens (tertiary/aromatic N) is 1. The molecule has 0 aliphatic heterocycles. The van der Waals surface area contributed by atoms with Crippen LogP contribution in [0.15, 0.2) is 30.4 Å². The van der Waals surface area contributed by atoms with E-state index in [0.717, 1.165) is 17.8 Å². The van der Waals surface area contributed by atoms with Crippen LogP contribution < -0.4 is 0 Å². The molecule has 0 aliphatic carbocycles. The minimum Gasteiger partial charge on any atom is -0.204 e. The van der Waals surface area contributed by atoms with Crippen LogP contribution in [0, 0.1) is 29.2 Å². The Bertz CT molecular complexity index is 527. The highest BCUT2D eigenvalue weighted by molar-refractivity contribution is 8.12. The third-order valence-corrected chi connectivity index (χ3v) is 2.72. The van der Waals surface area contributed by atoms with Crippen molar-refractivity contribution in [3.8, 4) is 5.40 Å². The zero-order chi connectivity index (χ0) is 13.0. The molecule has 0 heterocycles. The Kier molecular flexibility index (Phi) is 4.47. The van der Waals surface area contributed by atoms with E-state index in [4.69, 9.17) is 5.26 Å². The maximum absolute atomic E-state index is 13.7. The van der Waals surface area contributed by atoms with Crippen LogP contribution in [0.1, 0.15) is 18.1 Å². The van der Waals surface area contributed by atoms with Crippen molar-refractivity contribution in [2.45, 2.75) is 13.8 Å². The molecule has 88 valence electrons. The average molecular weight is 251 g/mol. The van der Waals surface area contributed by atoms with Crippen molar-refractivity contribution in [3.05, 3.63) is 53.1 Å². The van der Waals surface area contributed by atoms with Gasteiger partial charge in [0.2, 0.25) is 0 Å². The molecule has 0 fully saturated rings. The first kappa shape index (κ1) is 13.5. The number of benzene rings is 1. The van der Waals surface area contributed by atoms with Gasteiger partial charge in [0.15, 0.2) is 11.6 Å². The second-order valence-electron chi connectivity index (χ2n) is 3.60. The molecule has 17 heavy (non-hydrogen) atoms. The molecule has 0 bridgehead atoms. The SMILES string of the molecule is C=C(C)/C=C(/SC#N)c1c(C)ccc(F)c1F. The summed E-state index contributed by atoms with van der Waals surface area (Å²) in [7, 11) is 0. The molecule has 0 saturated carbocycles. The monoisotopic (exact) mass is 251 g/mol. The lowest BCUT2D eigenvalue weighted by Crippen LogP contribution is -1.96. The van der Waals surface area contributed by atoms with E-state index in [-0.39, 0.29) is 5.56 Å². The van der Waals surface area contributed by atoms with Crippen molar-refractivity contribution in [2.75, 3.05) is 0 Å². The minimum atomic E-state index is -0.930. The van der Waals surface area contributed by atoms with Crippen molar-refractivity contribution in [1.29, 1.82) is 5.26 Å². The van der Waals surface area contributed by atoms with E-state index in [9.17, 15) is 8.78 Å². The number of halogens is 2. The quantitative estimate of drug-likeness (QED) is 0.587. The normalized spacial score (nSPS) is 11.1. The molecule has 0 amide bonds. The highest BCUT2D eigenvalue weighted by atomic mass is 32.2. The lowest BCUT2D eigenvalue weighted by atomic mass is 10.1. The number of hydrogen-bond acceptors (Lipinski definition) is 2. The highest BCUT2D eigenvalue weighted by Crippen LogP contribution is 2.33. The summed E-state index contributed by atoms with van der Waals surface area (Å²) in [4.78, 5) is 0.370. The molecule has 0 atom stereocenters. The fourth-order valence-corrected chi connectivity index (χ4v) is 2.09. The Labute approximate surface area is 103 Å². The van der Waals surface area contributed by atoms with Crippen molar-refractivity contribution in [2.24, 2.45) is 0 Å².